The molecule has 1 aromatic carbocycles. The van der Waals surface area contributed by atoms with Crippen LogP contribution in [0.4, 0.5) is 5.69 Å². The summed E-state index contributed by atoms with van der Waals surface area (Å²) >= 11 is 0. The maximum atomic E-state index is 5.18. The maximum Gasteiger partial charge on any atom is 0.119 e. The van der Waals surface area contributed by atoms with Gasteiger partial charge in [0.2, 0.25) is 0 Å². The summed E-state index contributed by atoms with van der Waals surface area (Å²) < 4.78 is 5.18. The predicted octanol–water partition coefficient (Wildman–Crippen LogP) is 1.88. The predicted molar refractivity (Wildman–Crippen MR) is 67.3 cm³/mol. The molecular weight excluding hydrogens is 200 g/mol. The molecule has 1 aliphatic rings. The Hall–Kier alpha value is -1.22. The van der Waals surface area contributed by atoms with Crippen molar-refractivity contribution in [3.8, 4) is 5.75 Å². The number of nitrogens with zero attached hydrogens (tertiary/aromatic N) is 1. The fourth-order valence-corrected chi connectivity index (χ4v) is 2.40. The molecule has 0 aliphatic carbocycles. The highest BCUT2D eigenvalue weighted by atomic mass is 16.5. The molecular formula is C13H20N2O. The lowest BCUT2D eigenvalue weighted by Crippen LogP contribution is -2.55. The Morgan fingerprint density at radius 1 is 1.12 bits per heavy atom. The van der Waals surface area contributed by atoms with E-state index in [2.05, 4.69) is 36.2 Å². The zero-order valence-electron chi connectivity index (χ0n) is 10.2. The second-order valence-electron chi connectivity index (χ2n) is 4.46. The number of benzene rings is 1. The van der Waals surface area contributed by atoms with Gasteiger partial charge in [-0.2, -0.15) is 0 Å². The summed E-state index contributed by atoms with van der Waals surface area (Å²) in [6.45, 7) is 6.62. The van der Waals surface area contributed by atoms with Crippen molar-refractivity contribution in [3.05, 3.63) is 24.3 Å². The summed E-state index contributed by atoms with van der Waals surface area (Å²) in [7, 11) is 1.70. The van der Waals surface area contributed by atoms with Crippen LogP contribution in [0.25, 0.3) is 0 Å². The van der Waals surface area contributed by atoms with Gasteiger partial charge in [-0.05, 0) is 38.1 Å². The standard InChI is InChI=1S/C13H20N2O/c1-10-8-14-9-11(2)15(10)12-4-6-13(16-3)7-5-12/h4-7,10-11,14H,8-9H2,1-3H3/t10-,11-/m1/s1. The largest absolute Gasteiger partial charge is 0.497 e. The van der Waals surface area contributed by atoms with Gasteiger partial charge in [-0.25, -0.2) is 0 Å². The van der Waals surface area contributed by atoms with Crippen LogP contribution in [0.5, 0.6) is 5.75 Å². The lowest BCUT2D eigenvalue weighted by atomic mass is 10.1. The molecule has 2 rings (SSSR count). The Balaban J connectivity index is 2.20. The molecule has 0 saturated carbocycles. The number of hydrogen-bond acceptors (Lipinski definition) is 3. The first-order chi connectivity index (χ1) is 7.72. The van der Waals surface area contributed by atoms with Gasteiger partial charge in [-0.15, -0.1) is 0 Å². The van der Waals surface area contributed by atoms with Crippen LogP contribution in [0.1, 0.15) is 13.8 Å². The average Bonchev–Trinajstić information content (AvgIpc) is 2.30. The number of anilines is 1. The van der Waals surface area contributed by atoms with Crippen molar-refractivity contribution in [1.29, 1.82) is 0 Å². The monoisotopic (exact) mass is 220 g/mol. The number of hydrogen-bond donors (Lipinski definition) is 1. The molecule has 0 unspecified atom stereocenters. The normalized spacial score (nSPS) is 25.6. The third-order valence-corrected chi connectivity index (χ3v) is 3.20. The van der Waals surface area contributed by atoms with Crippen LogP contribution in [0.2, 0.25) is 0 Å². The molecule has 1 aromatic rings. The first-order valence-electron chi connectivity index (χ1n) is 5.85. The molecule has 1 fully saturated rings. The smallest absolute Gasteiger partial charge is 0.119 e. The zero-order valence-corrected chi connectivity index (χ0v) is 10.2. The Morgan fingerprint density at radius 2 is 1.69 bits per heavy atom. The highest BCUT2D eigenvalue weighted by molar-refractivity contribution is 5.51. The molecule has 0 radical (unpaired) electrons. The zero-order chi connectivity index (χ0) is 11.5. The van der Waals surface area contributed by atoms with Gasteiger partial charge < -0.3 is 15.0 Å². The number of rotatable bonds is 2. The molecule has 3 heteroatoms. The van der Waals surface area contributed by atoms with Crippen molar-refractivity contribution in [1.82, 2.24) is 5.32 Å². The Labute approximate surface area is 97.4 Å². The molecule has 3 nitrogen and oxygen atoms in total. The van der Waals surface area contributed by atoms with E-state index in [4.69, 9.17) is 4.74 Å². The summed E-state index contributed by atoms with van der Waals surface area (Å²) in [4.78, 5) is 2.47. The Kier molecular flexibility index (Phi) is 3.34. The Morgan fingerprint density at radius 3 is 2.19 bits per heavy atom. The van der Waals surface area contributed by atoms with Gasteiger partial charge in [0, 0.05) is 30.9 Å². The summed E-state index contributed by atoms with van der Waals surface area (Å²) in [6, 6.07) is 9.40. The summed E-state index contributed by atoms with van der Waals surface area (Å²) in [5.41, 5.74) is 1.28. The topological polar surface area (TPSA) is 24.5 Å². The van der Waals surface area contributed by atoms with Gasteiger partial charge in [0.1, 0.15) is 5.75 Å². The number of ether oxygens (including phenoxy) is 1. The number of piperazine rings is 1. The molecule has 1 heterocycles. The molecule has 1 saturated heterocycles. The third kappa shape index (κ3) is 2.14. The van der Waals surface area contributed by atoms with E-state index >= 15 is 0 Å². The highest BCUT2D eigenvalue weighted by Crippen LogP contribution is 2.24. The van der Waals surface area contributed by atoms with Crippen LogP contribution in [-0.2, 0) is 0 Å². The van der Waals surface area contributed by atoms with Gasteiger partial charge in [0.25, 0.3) is 0 Å². The quantitative estimate of drug-likeness (QED) is 0.823. The molecule has 0 amide bonds. The summed E-state index contributed by atoms with van der Waals surface area (Å²) in [5, 5.41) is 3.44. The summed E-state index contributed by atoms with van der Waals surface area (Å²) in [5.74, 6) is 0.916. The second kappa shape index (κ2) is 4.74. The van der Waals surface area contributed by atoms with Crippen LogP contribution < -0.4 is 15.0 Å². The fraction of sp³-hybridized carbons (Fsp3) is 0.538. The van der Waals surface area contributed by atoms with E-state index in [1.54, 1.807) is 7.11 Å². The lowest BCUT2D eigenvalue weighted by molar-refractivity contribution is 0.413. The molecule has 0 bridgehead atoms. The van der Waals surface area contributed by atoms with E-state index in [9.17, 15) is 0 Å². The van der Waals surface area contributed by atoms with E-state index < -0.39 is 0 Å². The molecule has 16 heavy (non-hydrogen) atoms. The fourth-order valence-electron chi connectivity index (χ4n) is 2.40. The van der Waals surface area contributed by atoms with Crippen LogP contribution >= 0.6 is 0 Å². The van der Waals surface area contributed by atoms with E-state index in [1.165, 1.54) is 5.69 Å². The van der Waals surface area contributed by atoms with Crippen molar-refractivity contribution in [3.63, 3.8) is 0 Å². The Bertz CT molecular complexity index is 326. The van der Waals surface area contributed by atoms with Crippen molar-refractivity contribution in [2.24, 2.45) is 0 Å². The number of nitrogens with one attached hydrogen (secondary N) is 1. The van der Waals surface area contributed by atoms with Gasteiger partial charge in [0.15, 0.2) is 0 Å². The van der Waals surface area contributed by atoms with Gasteiger partial charge >= 0.3 is 0 Å². The molecule has 0 spiro atoms. The first kappa shape index (κ1) is 11.3. The van der Waals surface area contributed by atoms with Gasteiger partial charge in [-0.1, -0.05) is 0 Å². The molecule has 2 atom stereocenters. The minimum Gasteiger partial charge on any atom is -0.497 e. The summed E-state index contributed by atoms with van der Waals surface area (Å²) in [6.07, 6.45) is 0. The van der Waals surface area contributed by atoms with Crippen molar-refractivity contribution in [2.45, 2.75) is 25.9 Å². The van der Waals surface area contributed by atoms with E-state index in [1.807, 2.05) is 12.1 Å². The SMILES string of the molecule is COc1ccc(N2[C@H](C)CNC[C@H]2C)cc1. The van der Waals surface area contributed by atoms with Crippen LogP contribution in [-0.4, -0.2) is 32.3 Å². The number of methoxy groups -OCH3 is 1. The van der Waals surface area contributed by atoms with Crippen molar-refractivity contribution in [2.75, 3.05) is 25.1 Å². The molecule has 1 aliphatic heterocycles. The van der Waals surface area contributed by atoms with E-state index in [-0.39, 0.29) is 0 Å². The van der Waals surface area contributed by atoms with Crippen LogP contribution in [0.15, 0.2) is 24.3 Å². The van der Waals surface area contributed by atoms with E-state index in [0.717, 1.165) is 18.8 Å². The van der Waals surface area contributed by atoms with Crippen molar-refractivity contribution >= 4 is 5.69 Å². The average molecular weight is 220 g/mol. The lowest BCUT2D eigenvalue weighted by Gasteiger charge is -2.41. The molecule has 1 N–H and O–H groups in total. The van der Waals surface area contributed by atoms with Crippen LogP contribution in [0, 0.1) is 0 Å². The maximum absolute atomic E-state index is 5.18. The second-order valence-corrected chi connectivity index (χ2v) is 4.46. The first-order valence-corrected chi connectivity index (χ1v) is 5.85. The van der Waals surface area contributed by atoms with E-state index in [0.29, 0.717) is 12.1 Å². The van der Waals surface area contributed by atoms with Crippen LogP contribution in [0.3, 0.4) is 0 Å². The molecule has 88 valence electrons. The van der Waals surface area contributed by atoms with Crippen molar-refractivity contribution < 1.29 is 4.74 Å². The highest BCUT2D eigenvalue weighted by Gasteiger charge is 2.24. The molecule has 0 aromatic heterocycles. The third-order valence-electron chi connectivity index (χ3n) is 3.20. The minimum absolute atomic E-state index is 0.539. The van der Waals surface area contributed by atoms with Gasteiger partial charge in [-0.3, -0.25) is 0 Å². The minimum atomic E-state index is 0.539. The van der Waals surface area contributed by atoms with Gasteiger partial charge in [0.05, 0.1) is 7.11 Å².